The second-order valence-corrected chi connectivity index (χ2v) is 10.8. The number of hydrogen-bond donors (Lipinski definition) is 2. The van der Waals surface area contributed by atoms with Crippen LogP contribution in [0.3, 0.4) is 0 Å². The Bertz CT molecular complexity index is 755. The maximum atomic E-state index is 12.6. The van der Waals surface area contributed by atoms with Gasteiger partial charge in [0.15, 0.2) is 0 Å². The molecule has 27 heavy (non-hydrogen) atoms. The lowest BCUT2D eigenvalue weighted by atomic mass is 9.49. The fourth-order valence-electron chi connectivity index (χ4n) is 6.49. The van der Waals surface area contributed by atoms with Crippen LogP contribution in [0.25, 0.3) is 0 Å². The van der Waals surface area contributed by atoms with Gasteiger partial charge in [-0.1, -0.05) is 0 Å². The number of carbonyl (C=O) groups excluding carboxylic acids is 2. The Kier molecular flexibility index (Phi) is 4.26. The van der Waals surface area contributed by atoms with Gasteiger partial charge in [-0.25, -0.2) is 0 Å². The van der Waals surface area contributed by atoms with E-state index in [1.807, 2.05) is 25.1 Å². The first-order chi connectivity index (χ1) is 13.0. The summed E-state index contributed by atoms with van der Waals surface area (Å²) in [6.45, 7) is 2.66. The highest BCUT2D eigenvalue weighted by Gasteiger charge is 2.50. The smallest absolute Gasteiger partial charge is 0.251 e. The van der Waals surface area contributed by atoms with Crippen LogP contribution in [-0.4, -0.2) is 23.6 Å². The van der Waals surface area contributed by atoms with Gasteiger partial charge in [-0.2, -0.15) is 0 Å². The highest BCUT2D eigenvalue weighted by Crippen LogP contribution is 2.61. The van der Waals surface area contributed by atoms with Crippen molar-refractivity contribution in [2.24, 2.45) is 23.2 Å². The van der Waals surface area contributed by atoms with Crippen molar-refractivity contribution in [2.75, 3.05) is 11.9 Å². The zero-order valence-electron chi connectivity index (χ0n) is 15.9. The van der Waals surface area contributed by atoms with Gasteiger partial charge < -0.3 is 10.6 Å². The van der Waals surface area contributed by atoms with E-state index in [-0.39, 0.29) is 17.1 Å². The summed E-state index contributed by atoms with van der Waals surface area (Å²) >= 11 is 1.55. The Morgan fingerprint density at radius 1 is 1.19 bits per heavy atom. The summed E-state index contributed by atoms with van der Waals surface area (Å²) in [5.41, 5.74) is 1.89. The van der Waals surface area contributed by atoms with Gasteiger partial charge in [0.25, 0.3) is 5.91 Å². The summed E-state index contributed by atoms with van der Waals surface area (Å²) in [6.07, 6.45) is 9.66. The van der Waals surface area contributed by atoms with E-state index in [9.17, 15) is 9.59 Å². The highest BCUT2D eigenvalue weighted by atomic mass is 32.2. The van der Waals surface area contributed by atoms with Gasteiger partial charge in [0.05, 0.1) is 10.9 Å². The topological polar surface area (TPSA) is 58.2 Å². The molecule has 0 saturated heterocycles. The van der Waals surface area contributed by atoms with Crippen LogP contribution >= 0.6 is 11.8 Å². The van der Waals surface area contributed by atoms with Crippen molar-refractivity contribution in [3.05, 3.63) is 23.8 Å². The number of amides is 2. The first kappa shape index (κ1) is 17.6. The van der Waals surface area contributed by atoms with Crippen molar-refractivity contribution < 1.29 is 9.59 Å². The standard InChI is InChI=1S/C22H28N2O2S/c1-13-20(25)24-18-9-17(2-3-19(18)27-13)21(26)23-5-4-22-10-14-6-15(11-22)8-16(7-14)12-22/h2-3,9,13-16H,4-8,10-12H2,1H3,(H,23,26)(H,24,25)/t13-,14?,15?,16?,22?/m0/s1. The Morgan fingerprint density at radius 3 is 2.52 bits per heavy atom. The molecule has 0 spiro atoms. The number of nitrogens with one attached hydrogen (secondary N) is 2. The van der Waals surface area contributed by atoms with Crippen LogP contribution in [0.4, 0.5) is 5.69 Å². The van der Waals surface area contributed by atoms with Crippen LogP contribution in [0.15, 0.2) is 23.1 Å². The zero-order chi connectivity index (χ0) is 18.6. The van der Waals surface area contributed by atoms with Crippen molar-refractivity contribution in [1.29, 1.82) is 0 Å². The highest BCUT2D eigenvalue weighted by molar-refractivity contribution is 8.00. The molecule has 4 fully saturated rings. The van der Waals surface area contributed by atoms with Crippen LogP contribution in [0.2, 0.25) is 0 Å². The lowest BCUT2D eigenvalue weighted by molar-refractivity contribution is -0.115. The number of benzene rings is 1. The van der Waals surface area contributed by atoms with Gasteiger partial charge in [-0.3, -0.25) is 9.59 Å². The summed E-state index contributed by atoms with van der Waals surface area (Å²) in [6, 6.07) is 5.63. The number of hydrogen-bond acceptors (Lipinski definition) is 3. The number of rotatable bonds is 4. The summed E-state index contributed by atoms with van der Waals surface area (Å²) in [5.74, 6) is 2.84. The van der Waals surface area contributed by atoms with Gasteiger partial charge in [-0.15, -0.1) is 11.8 Å². The molecule has 2 amide bonds. The molecule has 4 nitrogen and oxygen atoms in total. The quantitative estimate of drug-likeness (QED) is 0.806. The minimum atomic E-state index is -0.0857. The minimum Gasteiger partial charge on any atom is -0.352 e. The van der Waals surface area contributed by atoms with Gasteiger partial charge in [0.1, 0.15) is 0 Å². The molecule has 2 N–H and O–H groups in total. The van der Waals surface area contributed by atoms with E-state index >= 15 is 0 Å². The first-order valence-corrected chi connectivity index (χ1v) is 11.3. The Balaban J connectivity index is 1.21. The first-order valence-electron chi connectivity index (χ1n) is 10.4. The molecule has 1 aromatic carbocycles. The van der Waals surface area contributed by atoms with Gasteiger partial charge in [0.2, 0.25) is 5.91 Å². The molecule has 6 rings (SSSR count). The SMILES string of the molecule is C[C@@H]1Sc2ccc(C(=O)NCCC34CC5CC(CC(C5)C3)C4)cc2NC1=O. The van der Waals surface area contributed by atoms with E-state index in [0.717, 1.165) is 41.3 Å². The van der Waals surface area contributed by atoms with Crippen LogP contribution in [0.1, 0.15) is 62.2 Å². The van der Waals surface area contributed by atoms with E-state index in [2.05, 4.69) is 10.6 Å². The van der Waals surface area contributed by atoms with E-state index in [0.29, 0.717) is 11.0 Å². The monoisotopic (exact) mass is 384 g/mol. The average Bonchev–Trinajstić information content (AvgIpc) is 2.61. The van der Waals surface area contributed by atoms with Crippen LogP contribution in [-0.2, 0) is 4.79 Å². The third kappa shape index (κ3) is 3.28. The van der Waals surface area contributed by atoms with Crippen molar-refractivity contribution in [3.63, 3.8) is 0 Å². The minimum absolute atomic E-state index is 0.00637. The maximum absolute atomic E-state index is 12.6. The van der Waals surface area contributed by atoms with E-state index in [1.165, 1.54) is 38.5 Å². The molecular weight excluding hydrogens is 356 g/mol. The predicted octanol–water partition coefficient (Wildman–Crippen LogP) is 4.46. The molecule has 5 aliphatic rings. The summed E-state index contributed by atoms with van der Waals surface area (Å²) in [7, 11) is 0. The third-order valence-corrected chi connectivity index (χ3v) is 8.46. The largest absolute Gasteiger partial charge is 0.352 e. The Labute approximate surface area is 165 Å². The fourth-order valence-corrected chi connectivity index (χ4v) is 7.42. The van der Waals surface area contributed by atoms with Crippen molar-refractivity contribution in [1.82, 2.24) is 5.32 Å². The Hall–Kier alpha value is -1.49. The molecule has 4 aliphatic carbocycles. The lowest BCUT2D eigenvalue weighted by Crippen LogP contribution is -2.47. The molecule has 1 aliphatic heterocycles. The van der Waals surface area contributed by atoms with Crippen LogP contribution in [0, 0.1) is 23.2 Å². The molecule has 0 radical (unpaired) electrons. The molecule has 0 aromatic heterocycles. The third-order valence-electron chi connectivity index (χ3n) is 7.28. The normalized spacial score (nSPS) is 36.3. The number of fused-ring (bicyclic) bond motifs is 1. The van der Waals surface area contributed by atoms with E-state index in [1.54, 1.807) is 11.8 Å². The number of carbonyl (C=O) groups is 2. The predicted molar refractivity (Wildman–Crippen MR) is 108 cm³/mol. The van der Waals surface area contributed by atoms with Crippen molar-refractivity contribution in [3.8, 4) is 0 Å². The van der Waals surface area contributed by atoms with Crippen molar-refractivity contribution >= 4 is 29.3 Å². The van der Waals surface area contributed by atoms with Gasteiger partial charge >= 0.3 is 0 Å². The molecule has 1 aromatic rings. The molecule has 5 heteroatoms. The Morgan fingerprint density at radius 2 is 1.85 bits per heavy atom. The second-order valence-electron chi connectivity index (χ2n) is 9.38. The molecule has 1 atom stereocenters. The van der Waals surface area contributed by atoms with Crippen LogP contribution in [0.5, 0.6) is 0 Å². The fraction of sp³-hybridized carbons (Fsp3) is 0.636. The van der Waals surface area contributed by atoms with Crippen LogP contribution < -0.4 is 10.6 Å². The summed E-state index contributed by atoms with van der Waals surface area (Å²) in [4.78, 5) is 25.5. The molecule has 4 bridgehead atoms. The zero-order valence-corrected chi connectivity index (χ0v) is 16.7. The van der Waals surface area contributed by atoms with Gasteiger partial charge in [-0.05, 0) is 93.2 Å². The van der Waals surface area contributed by atoms with E-state index in [4.69, 9.17) is 0 Å². The average molecular weight is 385 g/mol. The number of anilines is 1. The van der Waals surface area contributed by atoms with Gasteiger partial charge in [0, 0.05) is 17.0 Å². The molecule has 4 saturated carbocycles. The molecule has 0 unspecified atom stereocenters. The summed E-state index contributed by atoms with van der Waals surface area (Å²) in [5, 5.41) is 5.97. The molecule has 144 valence electrons. The lowest BCUT2D eigenvalue weighted by Gasteiger charge is -2.57. The molecule has 1 heterocycles. The van der Waals surface area contributed by atoms with Crippen molar-refractivity contribution in [2.45, 2.75) is 62.0 Å². The second kappa shape index (κ2) is 6.54. The maximum Gasteiger partial charge on any atom is 0.251 e. The molecular formula is C22H28N2O2S. The summed E-state index contributed by atoms with van der Waals surface area (Å²) < 4.78 is 0. The number of thioether (sulfide) groups is 1. The van der Waals surface area contributed by atoms with E-state index < -0.39 is 0 Å².